The summed E-state index contributed by atoms with van der Waals surface area (Å²) in [5.74, 6) is 0.899. The molecule has 146 valence electrons. The minimum absolute atomic E-state index is 0.0537. The lowest BCUT2D eigenvalue weighted by Gasteiger charge is -2.24. The van der Waals surface area contributed by atoms with Crippen LogP contribution in [-0.2, 0) is 24.2 Å². The number of rotatable bonds is 7. The van der Waals surface area contributed by atoms with Gasteiger partial charge in [-0.15, -0.1) is 0 Å². The zero-order valence-electron chi connectivity index (χ0n) is 15.7. The maximum Gasteiger partial charge on any atom is 0.200 e. The highest BCUT2D eigenvalue weighted by Crippen LogP contribution is 2.43. The van der Waals surface area contributed by atoms with Crippen LogP contribution in [0.4, 0.5) is 0 Å². The van der Waals surface area contributed by atoms with E-state index in [1.54, 1.807) is 19.9 Å². The van der Waals surface area contributed by atoms with E-state index in [1.807, 2.05) is 6.92 Å². The first-order valence-corrected chi connectivity index (χ1v) is 9.02. The lowest BCUT2D eigenvalue weighted by Crippen LogP contribution is -2.39. The quantitative estimate of drug-likeness (QED) is 0.711. The van der Waals surface area contributed by atoms with Crippen molar-refractivity contribution >= 4 is 17.3 Å². The summed E-state index contributed by atoms with van der Waals surface area (Å²) in [6.07, 6.45) is 1.08. The van der Waals surface area contributed by atoms with Crippen LogP contribution in [0.15, 0.2) is 15.3 Å². The van der Waals surface area contributed by atoms with Crippen LogP contribution in [0, 0.1) is 0 Å². The molecular formula is C20H24O7. The summed E-state index contributed by atoms with van der Waals surface area (Å²) < 4.78 is 17.5. The lowest BCUT2D eigenvalue weighted by atomic mass is 9.95. The Kier molecular flexibility index (Phi) is 5.26. The lowest BCUT2D eigenvalue weighted by molar-refractivity contribution is -0.107. The molecule has 7 nitrogen and oxygen atoms in total. The molecule has 2 aromatic rings. The van der Waals surface area contributed by atoms with Gasteiger partial charge in [0.15, 0.2) is 5.43 Å². The van der Waals surface area contributed by atoms with Gasteiger partial charge in [0, 0.05) is 30.0 Å². The van der Waals surface area contributed by atoms with Crippen LogP contribution in [0.2, 0.25) is 0 Å². The topological polar surface area (TPSA) is 106 Å². The molecule has 1 atom stereocenters. The Morgan fingerprint density at radius 3 is 2.74 bits per heavy atom. The minimum atomic E-state index is -1.08. The number of hydrogen-bond acceptors (Lipinski definition) is 7. The number of hydrogen-bond donors (Lipinski definition) is 2. The van der Waals surface area contributed by atoms with Gasteiger partial charge in [-0.25, -0.2) is 0 Å². The fraction of sp³-hybridized carbons (Fsp3) is 0.500. The van der Waals surface area contributed by atoms with Crippen molar-refractivity contribution in [3.63, 3.8) is 0 Å². The van der Waals surface area contributed by atoms with Crippen molar-refractivity contribution in [2.75, 3.05) is 6.61 Å². The van der Waals surface area contributed by atoms with Crippen molar-refractivity contribution in [3.8, 4) is 11.5 Å². The van der Waals surface area contributed by atoms with Crippen molar-refractivity contribution < 1.29 is 28.9 Å². The average Bonchev–Trinajstić information content (AvgIpc) is 3.05. The molecule has 0 saturated heterocycles. The third-order valence-corrected chi connectivity index (χ3v) is 4.71. The van der Waals surface area contributed by atoms with Gasteiger partial charge in [0.2, 0.25) is 0 Å². The van der Waals surface area contributed by atoms with Crippen molar-refractivity contribution in [3.05, 3.63) is 33.2 Å². The Bertz CT molecular complexity index is 921. The molecule has 1 unspecified atom stereocenters. The van der Waals surface area contributed by atoms with Gasteiger partial charge in [0.05, 0.1) is 12.2 Å². The van der Waals surface area contributed by atoms with Crippen LogP contribution in [-0.4, -0.2) is 34.8 Å². The van der Waals surface area contributed by atoms with E-state index in [0.29, 0.717) is 36.4 Å². The Hall–Kier alpha value is -2.38. The summed E-state index contributed by atoms with van der Waals surface area (Å²) >= 11 is 0. The van der Waals surface area contributed by atoms with Gasteiger partial charge in [-0.05, 0) is 20.3 Å². The molecule has 0 bridgehead atoms. The maximum atomic E-state index is 13.1. The molecule has 0 amide bonds. The highest BCUT2D eigenvalue weighted by molar-refractivity contribution is 5.88. The Morgan fingerprint density at radius 1 is 1.41 bits per heavy atom. The number of benzene rings is 1. The van der Waals surface area contributed by atoms with Crippen LogP contribution in [0.5, 0.6) is 11.5 Å². The number of aldehydes is 1. The predicted molar refractivity (Wildman–Crippen MR) is 98.4 cm³/mol. The molecule has 0 fully saturated rings. The van der Waals surface area contributed by atoms with E-state index in [2.05, 4.69) is 0 Å². The second-order valence-corrected chi connectivity index (χ2v) is 7.23. The molecule has 2 N–H and O–H groups in total. The molecule has 2 heterocycles. The summed E-state index contributed by atoms with van der Waals surface area (Å²) in [6.45, 7) is 5.16. The van der Waals surface area contributed by atoms with E-state index in [9.17, 15) is 19.8 Å². The third kappa shape index (κ3) is 3.44. The zero-order chi connectivity index (χ0) is 19.8. The normalized spacial score (nSPS) is 16.3. The van der Waals surface area contributed by atoms with Crippen LogP contribution in [0.3, 0.4) is 0 Å². The molecule has 1 aliphatic rings. The Balaban J connectivity index is 2.28. The monoisotopic (exact) mass is 376 g/mol. The van der Waals surface area contributed by atoms with Crippen LogP contribution in [0.1, 0.15) is 44.1 Å². The number of ether oxygens (including phenoxy) is 2. The zero-order valence-corrected chi connectivity index (χ0v) is 15.7. The van der Waals surface area contributed by atoms with Gasteiger partial charge >= 0.3 is 0 Å². The molecular weight excluding hydrogens is 352 g/mol. The van der Waals surface area contributed by atoms with E-state index in [0.717, 1.165) is 6.42 Å². The van der Waals surface area contributed by atoms with Crippen molar-refractivity contribution in [2.24, 2.45) is 0 Å². The largest absolute Gasteiger partial charge is 0.492 e. The van der Waals surface area contributed by atoms with E-state index in [4.69, 9.17) is 13.9 Å². The highest BCUT2D eigenvalue weighted by atomic mass is 16.5. The van der Waals surface area contributed by atoms with Crippen molar-refractivity contribution in [1.29, 1.82) is 0 Å². The summed E-state index contributed by atoms with van der Waals surface area (Å²) in [5, 5.41) is 20.1. The molecule has 7 heteroatoms. The minimum Gasteiger partial charge on any atom is -0.492 e. The van der Waals surface area contributed by atoms with Crippen LogP contribution < -0.4 is 14.9 Å². The van der Waals surface area contributed by atoms with Crippen molar-refractivity contribution in [1.82, 2.24) is 0 Å². The maximum absolute atomic E-state index is 13.1. The first-order valence-electron chi connectivity index (χ1n) is 9.02. The molecule has 0 radical (unpaired) electrons. The second kappa shape index (κ2) is 7.32. The predicted octanol–water partition coefficient (Wildman–Crippen LogP) is 1.89. The number of aliphatic hydroxyl groups is 2. The third-order valence-electron chi connectivity index (χ3n) is 4.71. The summed E-state index contributed by atoms with van der Waals surface area (Å²) in [7, 11) is 0. The van der Waals surface area contributed by atoms with E-state index >= 15 is 0 Å². The SMILES string of the molecule is CCCOc1c2c(cc3oc(CO)c(CC=O)c(=O)c13)OC(C(C)(C)O)C2. The van der Waals surface area contributed by atoms with Gasteiger partial charge < -0.3 is 28.9 Å². The summed E-state index contributed by atoms with van der Waals surface area (Å²) in [4.78, 5) is 24.0. The highest BCUT2D eigenvalue weighted by Gasteiger charge is 2.38. The van der Waals surface area contributed by atoms with Gasteiger partial charge in [0.25, 0.3) is 0 Å². The first-order chi connectivity index (χ1) is 12.8. The van der Waals surface area contributed by atoms with E-state index in [-0.39, 0.29) is 28.7 Å². The molecule has 3 rings (SSSR count). The summed E-state index contributed by atoms with van der Waals surface area (Å²) in [6, 6.07) is 1.58. The van der Waals surface area contributed by atoms with Crippen LogP contribution in [0.25, 0.3) is 11.0 Å². The summed E-state index contributed by atoms with van der Waals surface area (Å²) in [5.41, 5.74) is -0.430. The van der Waals surface area contributed by atoms with Gasteiger partial charge in [-0.3, -0.25) is 4.79 Å². The van der Waals surface area contributed by atoms with Gasteiger partial charge in [-0.2, -0.15) is 0 Å². The molecule has 0 saturated carbocycles. The average molecular weight is 376 g/mol. The van der Waals surface area contributed by atoms with E-state index < -0.39 is 23.7 Å². The molecule has 0 aliphatic carbocycles. The fourth-order valence-corrected chi connectivity index (χ4v) is 3.27. The van der Waals surface area contributed by atoms with Crippen molar-refractivity contribution in [2.45, 2.75) is 58.3 Å². The Morgan fingerprint density at radius 2 is 2.15 bits per heavy atom. The molecule has 27 heavy (non-hydrogen) atoms. The molecule has 1 aliphatic heterocycles. The molecule has 1 aromatic heterocycles. The van der Waals surface area contributed by atoms with Gasteiger partial charge in [-0.1, -0.05) is 6.92 Å². The van der Waals surface area contributed by atoms with E-state index in [1.165, 1.54) is 0 Å². The fourth-order valence-electron chi connectivity index (χ4n) is 3.27. The standard InChI is InChI=1S/C20H24O7/c1-4-7-25-19-12-8-16(20(2,3)24)27-13(12)9-14-17(19)18(23)11(5-6-21)15(10-22)26-14/h6,9,16,22,24H,4-5,7-8,10H2,1-3H3. The first kappa shape index (κ1) is 19.4. The van der Waals surface area contributed by atoms with Crippen LogP contribution >= 0.6 is 0 Å². The number of aliphatic hydroxyl groups excluding tert-OH is 1. The van der Waals surface area contributed by atoms with Gasteiger partial charge in [0.1, 0.15) is 47.2 Å². The second-order valence-electron chi connectivity index (χ2n) is 7.23. The Labute approximate surface area is 156 Å². The molecule has 0 spiro atoms. The number of carbonyl (C=O) groups excluding carboxylic acids is 1. The number of fused-ring (bicyclic) bond motifs is 2. The molecule has 1 aromatic carbocycles. The smallest absolute Gasteiger partial charge is 0.200 e. The number of carbonyl (C=O) groups is 1.